The number of nitrogens with one attached hydrogen (secondary N) is 2. The summed E-state index contributed by atoms with van der Waals surface area (Å²) in [6.45, 7) is 1.89. The fourth-order valence-corrected chi connectivity index (χ4v) is 4.77. The smallest absolute Gasteiger partial charge is 0.274 e. The number of fused-ring (bicyclic) bond motifs is 1. The Morgan fingerprint density at radius 2 is 1.83 bits per heavy atom. The number of amides is 1. The molecular weight excluding hydrogens is 408 g/mol. The molecule has 0 radical (unpaired) electrons. The number of anilines is 2. The number of aryl methyl sites for hydroxylation is 1. The van der Waals surface area contributed by atoms with Gasteiger partial charge in [0.05, 0.1) is 15.1 Å². The monoisotopic (exact) mass is 424 g/mol. The Morgan fingerprint density at radius 3 is 2.55 bits per heavy atom. The zero-order valence-electron chi connectivity index (χ0n) is 15.3. The standard InChI is InChI=1S/C20H16N4O3S2/c1-13-5-8-15(9-6-13)29(26,27)24-20-23-16-10-7-14(12-18(16)28-20)22-19(25)17-4-2-3-11-21-17/h2-12H,1H3,(H,22,25)(H,23,24). The number of sulfonamides is 1. The van der Waals surface area contributed by atoms with Gasteiger partial charge in [0.2, 0.25) is 0 Å². The second-order valence-electron chi connectivity index (χ2n) is 6.29. The van der Waals surface area contributed by atoms with E-state index in [0.29, 0.717) is 16.9 Å². The van der Waals surface area contributed by atoms with Crippen LogP contribution in [0.25, 0.3) is 10.2 Å². The molecule has 0 saturated carbocycles. The van der Waals surface area contributed by atoms with Crippen molar-refractivity contribution in [2.75, 3.05) is 10.0 Å². The molecule has 0 aliphatic heterocycles. The largest absolute Gasteiger partial charge is 0.321 e. The maximum Gasteiger partial charge on any atom is 0.274 e. The Bertz CT molecular complexity index is 1280. The van der Waals surface area contributed by atoms with Crippen LogP contribution in [0.4, 0.5) is 10.8 Å². The lowest BCUT2D eigenvalue weighted by atomic mass is 10.2. The van der Waals surface area contributed by atoms with Crippen molar-refractivity contribution >= 4 is 48.3 Å². The topological polar surface area (TPSA) is 101 Å². The SMILES string of the molecule is Cc1ccc(S(=O)(=O)Nc2nc3ccc(NC(=O)c4ccccn4)cc3s2)cc1. The van der Waals surface area contributed by atoms with E-state index < -0.39 is 10.0 Å². The van der Waals surface area contributed by atoms with E-state index in [1.165, 1.54) is 11.3 Å². The number of thiazole rings is 1. The third-order valence-electron chi connectivity index (χ3n) is 4.10. The summed E-state index contributed by atoms with van der Waals surface area (Å²) in [6, 6.07) is 16.9. The Balaban J connectivity index is 1.55. The van der Waals surface area contributed by atoms with Gasteiger partial charge in [-0.1, -0.05) is 35.1 Å². The molecule has 2 heterocycles. The highest BCUT2D eigenvalue weighted by atomic mass is 32.2. The van der Waals surface area contributed by atoms with Crippen LogP contribution in [0.1, 0.15) is 16.1 Å². The summed E-state index contributed by atoms with van der Waals surface area (Å²) in [5, 5.41) is 3.04. The highest BCUT2D eigenvalue weighted by molar-refractivity contribution is 7.93. The first kappa shape index (κ1) is 19.0. The second-order valence-corrected chi connectivity index (χ2v) is 9.00. The van der Waals surface area contributed by atoms with Crippen LogP contribution in [0.15, 0.2) is 71.8 Å². The Hall–Kier alpha value is -3.30. The van der Waals surface area contributed by atoms with Gasteiger partial charge in [-0.15, -0.1) is 0 Å². The van der Waals surface area contributed by atoms with Crippen molar-refractivity contribution in [3.8, 4) is 0 Å². The number of carbonyl (C=O) groups is 1. The Kier molecular flexibility index (Phi) is 4.99. The molecule has 146 valence electrons. The highest BCUT2D eigenvalue weighted by Crippen LogP contribution is 2.30. The molecule has 0 unspecified atom stereocenters. The summed E-state index contributed by atoms with van der Waals surface area (Å²) in [5.41, 5.74) is 2.49. The van der Waals surface area contributed by atoms with E-state index in [0.717, 1.165) is 10.3 Å². The zero-order chi connectivity index (χ0) is 20.4. The first-order chi connectivity index (χ1) is 13.9. The molecular formula is C20H16N4O3S2. The number of rotatable bonds is 5. The maximum absolute atomic E-state index is 12.6. The van der Waals surface area contributed by atoms with Gasteiger partial charge in [-0.05, 0) is 49.4 Å². The number of hydrogen-bond donors (Lipinski definition) is 2. The van der Waals surface area contributed by atoms with Gasteiger partial charge in [0.15, 0.2) is 5.13 Å². The van der Waals surface area contributed by atoms with Gasteiger partial charge in [0.25, 0.3) is 15.9 Å². The number of pyridine rings is 1. The Labute approximate surface area is 171 Å². The van der Waals surface area contributed by atoms with Crippen LogP contribution in [0, 0.1) is 6.92 Å². The highest BCUT2D eigenvalue weighted by Gasteiger charge is 2.17. The van der Waals surface area contributed by atoms with Crippen LogP contribution in [-0.4, -0.2) is 24.3 Å². The molecule has 29 heavy (non-hydrogen) atoms. The molecule has 0 aliphatic carbocycles. The van der Waals surface area contributed by atoms with E-state index in [2.05, 4.69) is 20.0 Å². The van der Waals surface area contributed by atoms with Gasteiger partial charge in [-0.25, -0.2) is 13.4 Å². The molecule has 0 fully saturated rings. The molecule has 2 N–H and O–H groups in total. The van der Waals surface area contributed by atoms with Gasteiger partial charge >= 0.3 is 0 Å². The number of aromatic nitrogens is 2. The lowest BCUT2D eigenvalue weighted by Crippen LogP contribution is -2.13. The number of nitrogens with zero attached hydrogens (tertiary/aromatic N) is 2. The maximum atomic E-state index is 12.6. The minimum absolute atomic E-state index is 0.172. The van der Waals surface area contributed by atoms with Crippen LogP contribution in [0.2, 0.25) is 0 Å². The van der Waals surface area contributed by atoms with Crippen molar-refractivity contribution in [2.24, 2.45) is 0 Å². The summed E-state index contributed by atoms with van der Waals surface area (Å²) in [7, 11) is -3.72. The molecule has 0 atom stereocenters. The van der Waals surface area contributed by atoms with Crippen LogP contribution in [0.3, 0.4) is 0 Å². The number of hydrogen-bond acceptors (Lipinski definition) is 6. The lowest BCUT2D eigenvalue weighted by molar-refractivity contribution is 0.102. The number of carbonyl (C=O) groups excluding carboxylic acids is 1. The normalized spacial score (nSPS) is 11.3. The first-order valence-electron chi connectivity index (χ1n) is 8.63. The van der Waals surface area contributed by atoms with Crippen molar-refractivity contribution in [3.63, 3.8) is 0 Å². The van der Waals surface area contributed by atoms with Crippen LogP contribution >= 0.6 is 11.3 Å². The van der Waals surface area contributed by atoms with Crippen molar-refractivity contribution < 1.29 is 13.2 Å². The molecule has 0 saturated heterocycles. The third-order valence-corrected chi connectivity index (χ3v) is 6.51. The average molecular weight is 425 g/mol. The lowest BCUT2D eigenvalue weighted by Gasteiger charge is -2.04. The number of benzene rings is 2. The van der Waals surface area contributed by atoms with Gasteiger partial charge in [0, 0.05) is 11.9 Å². The minimum atomic E-state index is -3.72. The fraction of sp³-hybridized carbons (Fsp3) is 0.0500. The predicted octanol–water partition coefficient (Wildman–Crippen LogP) is 4.05. The molecule has 4 rings (SSSR count). The van der Waals surface area contributed by atoms with Crippen molar-refractivity contribution in [1.29, 1.82) is 0 Å². The van der Waals surface area contributed by atoms with Crippen molar-refractivity contribution in [3.05, 3.63) is 78.1 Å². The van der Waals surface area contributed by atoms with E-state index >= 15 is 0 Å². The fourth-order valence-electron chi connectivity index (χ4n) is 2.63. The molecule has 0 bridgehead atoms. The van der Waals surface area contributed by atoms with Crippen LogP contribution < -0.4 is 10.0 Å². The second kappa shape index (κ2) is 7.61. The van der Waals surface area contributed by atoms with Gasteiger partial charge in [0.1, 0.15) is 5.69 Å². The molecule has 2 aromatic carbocycles. The van der Waals surface area contributed by atoms with Gasteiger partial charge in [-0.2, -0.15) is 0 Å². The minimum Gasteiger partial charge on any atom is -0.321 e. The summed E-state index contributed by atoms with van der Waals surface area (Å²) in [4.78, 5) is 20.8. The van der Waals surface area contributed by atoms with Crippen molar-refractivity contribution in [1.82, 2.24) is 9.97 Å². The van der Waals surface area contributed by atoms with E-state index in [4.69, 9.17) is 0 Å². The molecule has 4 aromatic rings. The molecule has 2 aromatic heterocycles. The van der Waals surface area contributed by atoms with E-state index in [1.54, 1.807) is 66.9 Å². The molecule has 7 nitrogen and oxygen atoms in total. The molecule has 0 spiro atoms. The summed E-state index contributed by atoms with van der Waals surface area (Å²) in [5.74, 6) is -0.324. The first-order valence-corrected chi connectivity index (χ1v) is 10.9. The van der Waals surface area contributed by atoms with Crippen molar-refractivity contribution in [2.45, 2.75) is 11.8 Å². The van der Waals surface area contributed by atoms with E-state index in [-0.39, 0.29) is 15.9 Å². The molecule has 1 amide bonds. The summed E-state index contributed by atoms with van der Waals surface area (Å²) >= 11 is 1.19. The predicted molar refractivity (Wildman–Crippen MR) is 114 cm³/mol. The van der Waals surface area contributed by atoms with E-state index in [1.807, 2.05) is 6.92 Å². The average Bonchev–Trinajstić information content (AvgIpc) is 3.09. The van der Waals surface area contributed by atoms with Gasteiger partial charge < -0.3 is 5.32 Å². The van der Waals surface area contributed by atoms with E-state index in [9.17, 15) is 13.2 Å². The van der Waals surface area contributed by atoms with Crippen LogP contribution in [0.5, 0.6) is 0 Å². The molecule has 0 aliphatic rings. The zero-order valence-corrected chi connectivity index (χ0v) is 16.9. The van der Waals surface area contributed by atoms with Gasteiger partial charge in [-0.3, -0.25) is 14.5 Å². The molecule has 9 heteroatoms. The summed E-state index contributed by atoms with van der Waals surface area (Å²) in [6.07, 6.45) is 1.55. The summed E-state index contributed by atoms with van der Waals surface area (Å²) < 4.78 is 28.4. The quantitative estimate of drug-likeness (QED) is 0.503. The third kappa shape index (κ3) is 4.25. The Morgan fingerprint density at radius 1 is 1.03 bits per heavy atom. The van der Waals surface area contributed by atoms with Crippen LogP contribution in [-0.2, 0) is 10.0 Å².